The highest BCUT2D eigenvalue weighted by Crippen LogP contribution is 2.26. The van der Waals surface area contributed by atoms with E-state index in [0.717, 1.165) is 42.4 Å². The third kappa shape index (κ3) is 3.75. The van der Waals surface area contributed by atoms with Crippen molar-refractivity contribution in [1.82, 2.24) is 15.6 Å². The molecule has 0 atom stereocenters. The summed E-state index contributed by atoms with van der Waals surface area (Å²) < 4.78 is 13.9. The molecule has 142 valence electrons. The van der Waals surface area contributed by atoms with E-state index in [1.54, 1.807) is 6.07 Å². The smallest absolute Gasteiger partial charge is 0.267 e. The number of benzene rings is 2. The molecule has 0 unspecified atom stereocenters. The van der Waals surface area contributed by atoms with Crippen LogP contribution in [0, 0.1) is 23.1 Å². The van der Waals surface area contributed by atoms with Crippen molar-refractivity contribution >= 4 is 16.8 Å². The van der Waals surface area contributed by atoms with Crippen LogP contribution in [-0.4, -0.2) is 30.5 Å². The van der Waals surface area contributed by atoms with E-state index in [9.17, 15) is 9.18 Å². The summed E-state index contributed by atoms with van der Waals surface area (Å²) in [5.41, 5.74) is 2.92. The Balaban J connectivity index is 1.52. The second-order valence-electron chi connectivity index (χ2n) is 7.19. The second kappa shape index (κ2) is 7.83. The Morgan fingerprint density at radius 3 is 2.64 bits per heavy atom. The van der Waals surface area contributed by atoms with E-state index in [1.165, 1.54) is 12.1 Å². The van der Waals surface area contributed by atoms with Crippen molar-refractivity contribution in [3.63, 3.8) is 0 Å². The van der Waals surface area contributed by atoms with Crippen molar-refractivity contribution in [3.05, 3.63) is 59.5 Å². The number of hydrogen-bond acceptors (Lipinski definition) is 3. The summed E-state index contributed by atoms with van der Waals surface area (Å²) in [6, 6.07) is 13.9. The lowest BCUT2D eigenvalue weighted by molar-refractivity contribution is 0.0940. The Kier molecular flexibility index (Phi) is 5.09. The van der Waals surface area contributed by atoms with Gasteiger partial charge in [0, 0.05) is 17.4 Å². The third-order valence-corrected chi connectivity index (χ3v) is 5.30. The summed E-state index contributed by atoms with van der Waals surface area (Å²) in [5.74, 6) is -0.125. The van der Waals surface area contributed by atoms with Crippen molar-refractivity contribution in [2.24, 2.45) is 5.92 Å². The molecule has 3 aromatic rings. The van der Waals surface area contributed by atoms with Crippen molar-refractivity contribution < 1.29 is 9.18 Å². The van der Waals surface area contributed by atoms with Crippen molar-refractivity contribution in [3.8, 4) is 17.2 Å². The van der Waals surface area contributed by atoms with Gasteiger partial charge in [-0.2, -0.15) is 5.26 Å². The fraction of sp³-hybridized carbons (Fsp3) is 0.273. The average molecular weight is 376 g/mol. The number of amides is 1. The highest BCUT2D eigenvalue weighted by atomic mass is 19.1. The summed E-state index contributed by atoms with van der Waals surface area (Å²) in [6.07, 6.45) is 2.16. The van der Waals surface area contributed by atoms with Gasteiger partial charge in [-0.25, -0.2) is 4.39 Å². The molecular formula is C22H21FN4O. The monoisotopic (exact) mass is 376 g/mol. The Hall–Kier alpha value is -3.17. The molecule has 28 heavy (non-hydrogen) atoms. The van der Waals surface area contributed by atoms with Crippen LogP contribution in [0.25, 0.3) is 22.0 Å². The van der Waals surface area contributed by atoms with Gasteiger partial charge in [0.1, 0.15) is 17.6 Å². The van der Waals surface area contributed by atoms with Gasteiger partial charge in [0.15, 0.2) is 0 Å². The van der Waals surface area contributed by atoms with E-state index < -0.39 is 5.82 Å². The number of nitriles is 1. The number of rotatable bonds is 4. The zero-order valence-corrected chi connectivity index (χ0v) is 15.4. The largest absolute Gasteiger partial charge is 0.351 e. The molecule has 0 radical (unpaired) electrons. The number of nitrogens with one attached hydrogen (secondary N) is 3. The van der Waals surface area contributed by atoms with Gasteiger partial charge in [-0.05, 0) is 73.3 Å². The fourth-order valence-corrected chi connectivity index (χ4v) is 3.64. The first-order valence-corrected chi connectivity index (χ1v) is 9.46. The van der Waals surface area contributed by atoms with Crippen LogP contribution in [0.5, 0.6) is 0 Å². The molecule has 1 aliphatic heterocycles. The molecule has 1 aliphatic rings. The molecule has 1 saturated heterocycles. The zero-order valence-electron chi connectivity index (χ0n) is 15.4. The number of fused-ring (bicyclic) bond motifs is 1. The molecule has 0 saturated carbocycles. The van der Waals surface area contributed by atoms with Crippen LogP contribution >= 0.6 is 0 Å². The van der Waals surface area contributed by atoms with Crippen LogP contribution in [-0.2, 0) is 0 Å². The molecule has 4 rings (SSSR count). The van der Waals surface area contributed by atoms with Crippen LogP contribution in [0.4, 0.5) is 4.39 Å². The van der Waals surface area contributed by atoms with E-state index >= 15 is 0 Å². The topological polar surface area (TPSA) is 80.7 Å². The van der Waals surface area contributed by atoms with Crippen molar-refractivity contribution in [1.29, 1.82) is 5.26 Å². The molecule has 3 N–H and O–H groups in total. The lowest BCUT2D eigenvalue weighted by Gasteiger charge is -2.22. The minimum absolute atomic E-state index is 0.0270. The molecule has 1 aromatic heterocycles. The predicted octanol–water partition coefficient (Wildman–Crippen LogP) is 3.58. The number of carbonyl (C=O) groups is 1. The highest BCUT2D eigenvalue weighted by Gasteiger charge is 2.16. The summed E-state index contributed by atoms with van der Waals surface area (Å²) in [6.45, 7) is 2.70. The van der Waals surface area contributed by atoms with Crippen LogP contribution < -0.4 is 10.6 Å². The normalized spacial score (nSPS) is 14.7. The van der Waals surface area contributed by atoms with Gasteiger partial charge < -0.3 is 15.6 Å². The van der Waals surface area contributed by atoms with Crippen LogP contribution in [0.2, 0.25) is 0 Å². The number of halogens is 1. The van der Waals surface area contributed by atoms with Gasteiger partial charge in [-0.1, -0.05) is 12.1 Å². The molecule has 1 fully saturated rings. The average Bonchev–Trinajstić information content (AvgIpc) is 3.16. The zero-order chi connectivity index (χ0) is 19.5. The first-order chi connectivity index (χ1) is 13.6. The number of aromatic nitrogens is 1. The maximum Gasteiger partial charge on any atom is 0.267 e. The molecule has 0 aliphatic carbocycles. The highest BCUT2D eigenvalue weighted by molar-refractivity contribution is 5.98. The van der Waals surface area contributed by atoms with Gasteiger partial charge in [-0.15, -0.1) is 0 Å². The lowest BCUT2D eigenvalue weighted by atomic mass is 9.98. The summed E-state index contributed by atoms with van der Waals surface area (Å²) >= 11 is 0. The Morgan fingerprint density at radius 2 is 1.89 bits per heavy atom. The van der Waals surface area contributed by atoms with Gasteiger partial charge in [-0.3, -0.25) is 4.79 Å². The van der Waals surface area contributed by atoms with E-state index in [2.05, 4.69) is 15.6 Å². The fourth-order valence-electron chi connectivity index (χ4n) is 3.64. The molecule has 0 bridgehead atoms. The first-order valence-electron chi connectivity index (χ1n) is 9.46. The van der Waals surface area contributed by atoms with E-state index in [0.29, 0.717) is 23.7 Å². The minimum atomic E-state index is -0.535. The van der Waals surface area contributed by atoms with Crippen molar-refractivity contribution in [2.75, 3.05) is 19.6 Å². The van der Waals surface area contributed by atoms with Gasteiger partial charge >= 0.3 is 0 Å². The SMILES string of the molecule is N#Cc1ccc(-c2ccc3[nH]c(C(=O)NCC4CCNCC4)cc3c2)cc1F. The number of nitrogens with zero attached hydrogens (tertiary/aromatic N) is 1. The number of carbonyl (C=O) groups excluding carboxylic acids is 1. The van der Waals surface area contributed by atoms with Gasteiger partial charge in [0.05, 0.1) is 5.56 Å². The van der Waals surface area contributed by atoms with Crippen LogP contribution in [0.3, 0.4) is 0 Å². The first kappa shape index (κ1) is 18.2. The number of hydrogen-bond donors (Lipinski definition) is 3. The molecule has 1 amide bonds. The molecule has 6 heteroatoms. The summed E-state index contributed by atoms with van der Waals surface area (Å²) in [7, 11) is 0. The Labute approximate surface area is 162 Å². The van der Waals surface area contributed by atoms with Crippen LogP contribution in [0.1, 0.15) is 28.9 Å². The van der Waals surface area contributed by atoms with Gasteiger partial charge in [0.2, 0.25) is 0 Å². The molecule has 0 spiro atoms. The molecule has 5 nitrogen and oxygen atoms in total. The van der Waals surface area contributed by atoms with E-state index in [4.69, 9.17) is 5.26 Å². The predicted molar refractivity (Wildman–Crippen MR) is 106 cm³/mol. The quantitative estimate of drug-likeness (QED) is 0.651. The molecular weight excluding hydrogens is 355 g/mol. The standard InChI is InChI=1S/C22H21FN4O/c23-19-10-16(1-2-17(19)12-24)15-3-4-20-18(9-15)11-21(27-20)22(28)26-13-14-5-7-25-8-6-14/h1-4,9-11,14,25,27H,5-8,13H2,(H,26,28). The Bertz CT molecular complexity index is 1060. The number of piperidine rings is 1. The van der Waals surface area contributed by atoms with Crippen molar-refractivity contribution in [2.45, 2.75) is 12.8 Å². The number of H-pyrrole nitrogens is 1. The molecule has 2 aromatic carbocycles. The van der Waals surface area contributed by atoms with Crippen LogP contribution in [0.15, 0.2) is 42.5 Å². The summed E-state index contributed by atoms with van der Waals surface area (Å²) in [5, 5.41) is 16.1. The molecule has 2 heterocycles. The maximum atomic E-state index is 13.9. The van der Waals surface area contributed by atoms with E-state index in [-0.39, 0.29) is 11.5 Å². The lowest BCUT2D eigenvalue weighted by Crippen LogP contribution is -2.36. The summed E-state index contributed by atoms with van der Waals surface area (Å²) in [4.78, 5) is 15.6. The second-order valence-corrected chi connectivity index (χ2v) is 7.19. The van der Waals surface area contributed by atoms with Gasteiger partial charge in [0.25, 0.3) is 5.91 Å². The minimum Gasteiger partial charge on any atom is -0.351 e. The number of aromatic amines is 1. The van der Waals surface area contributed by atoms with E-state index in [1.807, 2.05) is 30.3 Å². The Morgan fingerprint density at radius 1 is 1.14 bits per heavy atom. The third-order valence-electron chi connectivity index (χ3n) is 5.30. The maximum absolute atomic E-state index is 13.9.